The van der Waals surface area contributed by atoms with Gasteiger partial charge in [-0.2, -0.15) is 0 Å². The summed E-state index contributed by atoms with van der Waals surface area (Å²) >= 11 is 0. The molecule has 0 bridgehead atoms. The number of esters is 1. The first-order chi connectivity index (χ1) is 5.20. The lowest BCUT2D eigenvalue weighted by Crippen LogP contribution is -2.12. The van der Waals surface area contributed by atoms with Gasteiger partial charge in [0, 0.05) is 6.92 Å². The van der Waals surface area contributed by atoms with Gasteiger partial charge in [0.1, 0.15) is 6.10 Å². The lowest BCUT2D eigenvalue weighted by atomic mass is 10.2. The van der Waals surface area contributed by atoms with E-state index in [0.717, 1.165) is 12.8 Å². The van der Waals surface area contributed by atoms with Crippen molar-refractivity contribution in [1.82, 2.24) is 0 Å². The third kappa shape index (κ3) is 5.64. The number of hydrogen-bond acceptors (Lipinski definition) is 2. The summed E-state index contributed by atoms with van der Waals surface area (Å²) < 4.78 is 5.01. The maximum atomic E-state index is 10.5. The summed E-state index contributed by atoms with van der Waals surface area (Å²) in [6.45, 7) is 5.43. The Morgan fingerprint density at radius 1 is 1.64 bits per heavy atom. The normalized spacial score (nSPS) is 13.4. The highest BCUT2D eigenvalue weighted by molar-refractivity contribution is 5.66. The van der Waals surface area contributed by atoms with Crippen molar-refractivity contribution < 1.29 is 9.53 Å². The average Bonchev–Trinajstić information content (AvgIpc) is 1.87. The Labute approximate surface area is 68.2 Å². The van der Waals surface area contributed by atoms with Crippen molar-refractivity contribution in [1.29, 1.82) is 0 Å². The highest BCUT2D eigenvalue weighted by Gasteiger charge is 2.04. The van der Waals surface area contributed by atoms with Crippen LogP contribution in [0.4, 0.5) is 0 Å². The first-order valence-corrected chi connectivity index (χ1v) is 4.00. The summed E-state index contributed by atoms with van der Waals surface area (Å²) in [5.74, 6) is -0.207. The molecular formula is C9H16O2. The zero-order chi connectivity index (χ0) is 8.69. The van der Waals surface area contributed by atoms with Gasteiger partial charge in [-0.1, -0.05) is 19.4 Å². The van der Waals surface area contributed by atoms with Crippen molar-refractivity contribution in [2.75, 3.05) is 0 Å². The lowest BCUT2D eigenvalue weighted by Gasteiger charge is -2.10. The Balaban J connectivity index is 3.78. The quantitative estimate of drug-likeness (QED) is 0.461. The molecule has 0 saturated heterocycles. The molecule has 0 unspecified atom stereocenters. The van der Waals surface area contributed by atoms with Crippen molar-refractivity contribution in [2.24, 2.45) is 0 Å². The van der Waals surface area contributed by atoms with Gasteiger partial charge in [0.05, 0.1) is 0 Å². The van der Waals surface area contributed by atoms with Gasteiger partial charge in [0.25, 0.3) is 0 Å². The third-order valence-electron chi connectivity index (χ3n) is 1.30. The number of carbonyl (C=O) groups is 1. The zero-order valence-corrected chi connectivity index (χ0v) is 7.46. The second kappa shape index (κ2) is 5.96. The van der Waals surface area contributed by atoms with Crippen LogP contribution in [0.1, 0.15) is 33.6 Å². The molecule has 0 radical (unpaired) electrons. The Hall–Kier alpha value is -0.790. The van der Waals surface area contributed by atoms with Crippen LogP contribution in [0.15, 0.2) is 12.2 Å². The molecule has 0 aliphatic rings. The van der Waals surface area contributed by atoms with Gasteiger partial charge < -0.3 is 4.74 Å². The van der Waals surface area contributed by atoms with E-state index >= 15 is 0 Å². The van der Waals surface area contributed by atoms with E-state index in [9.17, 15) is 4.79 Å². The summed E-state index contributed by atoms with van der Waals surface area (Å²) in [6.07, 6.45) is 5.72. The van der Waals surface area contributed by atoms with E-state index in [1.54, 1.807) is 0 Å². The minimum Gasteiger partial charge on any atom is -0.458 e. The fourth-order valence-electron chi connectivity index (χ4n) is 0.907. The largest absolute Gasteiger partial charge is 0.458 e. The Bertz CT molecular complexity index is 138. The molecule has 2 nitrogen and oxygen atoms in total. The van der Waals surface area contributed by atoms with Crippen molar-refractivity contribution in [3.63, 3.8) is 0 Å². The van der Waals surface area contributed by atoms with Gasteiger partial charge in [0.2, 0.25) is 0 Å². The molecule has 0 saturated carbocycles. The standard InChI is InChI=1S/C9H16O2/c1-4-6-9(7-5-2)11-8(3)10/h4,6,9H,5,7H2,1-3H3/b6-4+/t9-/m1/s1. The third-order valence-corrected chi connectivity index (χ3v) is 1.30. The van der Waals surface area contributed by atoms with Crippen molar-refractivity contribution >= 4 is 5.97 Å². The van der Waals surface area contributed by atoms with E-state index in [0.29, 0.717) is 0 Å². The van der Waals surface area contributed by atoms with Crippen LogP contribution in [-0.4, -0.2) is 12.1 Å². The summed E-state index contributed by atoms with van der Waals surface area (Å²) in [7, 11) is 0. The Kier molecular flexibility index (Phi) is 5.53. The SMILES string of the molecule is C/C=C/[C@H](CCC)OC(C)=O. The predicted octanol–water partition coefficient (Wildman–Crippen LogP) is 2.29. The number of hydrogen-bond donors (Lipinski definition) is 0. The molecule has 11 heavy (non-hydrogen) atoms. The molecule has 0 aromatic carbocycles. The van der Waals surface area contributed by atoms with Crippen LogP contribution in [-0.2, 0) is 9.53 Å². The molecule has 0 N–H and O–H groups in total. The molecule has 0 heterocycles. The molecule has 0 fully saturated rings. The summed E-state index contributed by atoms with van der Waals surface area (Å²) in [5, 5.41) is 0. The van der Waals surface area contributed by atoms with Crippen LogP contribution in [0.2, 0.25) is 0 Å². The molecule has 2 heteroatoms. The van der Waals surface area contributed by atoms with Gasteiger partial charge in [0.15, 0.2) is 0 Å². The van der Waals surface area contributed by atoms with E-state index in [2.05, 4.69) is 6.92 Å². The molecular weight excluding hydrogens is 140 g/mol. The Morgan fingerprint density at radius 2 is 2.27 bits per heavy atom. The number of ether oxygens (including phenoxy) is 1. The van der Waals surface area contributed by atoms with Gasteiger partial charge in [-0.15, -0.1) is 0 Å². The Morgan fingerprint density at radius 3 is 2.64 bits per heavy atom. The van der Waals surface area contributed by atoms with Gasteiger partial charge in [-0.25, -0.2) is 0 Å². The monoisotopic (exact) mass is 156 g/mol. The number of carbonyl (C=O) groups excluding carboxylic acids is 1. The first-order valence-electron chi connectivity index (χ1n) is 4.00. The molecule has 0 aromatic rings. The molecule has 0 rings (SSSR count). The van der Waals surface area contributed by atoms with Crippen molar-refractivity contribution in [3.05, 3.63) is 12.2 Å². The van der Waals surface area contributed by atoms with E-state index in [4.69, 9.17) is 4.74 Å². The maximum Gasteiger partial charge on any atom is 0.303 e. The highest BCUT2D eigenvalue weighted by Crippen LogP contribution is 2.03. The first kappa shape index (κ1) is 10.2. The van der Waals surface area contributed by atoms with E-state index < -0.39 is 0 Å². The molecule has 0 aliphatic carbocycles. The zero-order valence-electron chi connectivity index (χ0n) is 7.46. The number of rotatable bonds is 4. The molecule has 64 valence electrons. The fraction of sp³-hybridized carbons (Fsp3) is 0.667. The van der Waals surface area contributed by atoms with E-state index in [-0.39, 0.29) is 12.1 Å². The van der Waals surface area contributed by atoms with Crippen LogP contribution in [0.25, 0.3) is 0 Å². The van der Waals surface area contributed by atoms with Gasteiger partial charge >= 0.3 is 5.97 Å². The average molecular weight is 156 g/mol. The summed E-state index contributed by atoms with van der Waals surface area (Å²) in [5.41, 5.74) is 0. The molecule has 0 aromatic heterocycles. The smallest absolute Gasteiger partial charge is 0.303 e. The highest BCUT2D eigenvalue weighted by atomic mass is 16.5. The van der Waals surface area contributed by atoms with Crippen molar-refractivity contribution in [3.8, 4) is 0 Å². The minimum atomic E-state index is -0.207. The van der Waals surface area contributed by atoms with Gasteiger partial charge in [-0.3, -0.25) is 4.79 Å². The van der Waals surface area contributed by atoms with Crippen LogP contribution in [0.3, 0.4) is 0 Å². The van der Waals surface area contributed by atoms with E-state index in [1.165, 1.54) is 6.92 Å². The van der Waals surface area contributed by atoms with Crippen LogP contribution >= 0.6 is 0 Å². The molecule has 0 aliphatic heterocycles. The fourth-order valence-corrected chi connectivity index (χ4v) is 0.907. The second-order valence-corrected chi connectivity index (χ2v) is 2.46. The lowest BCUT2D eigenvalue weighted by molar-refractivity contribution is -0.144. The van der Waals surface area contributed by atoms with Gasteiger partial charge in [-0.05, 0) is 19.4 Å². The maximum absolute atomic E-state index is 10.5. The van der Waals surface area contributed by atoms with Crippen LogP contribution < -0.4 is 0 Å². The van der Waals surface area contributed by atoms with Crippen LogP contribution in [0.5, 0.6) is 0 Å². The summed E-state index contributed by atoms with van der Waals surface area (Å²) in [6, 6.07) is 0. The number of allylic oxidation sites excluding steroid dienone is 1. The molecule has 0 amide bonds. The molecule has 0 spiro atoms. The molecule has 1 atom stereocenters. The van der Waals surface area contributed by atoms with Crippen LogP contribution in [0, 0.1) is 0 Å². The summed E-state index contributed by atoms with van der Waals surface area (Å²) in [4.78, 5) is 10.5. The topological polar surface area (TPSA) is 26.3 Å². The van der Waals surface area contributed by atoms with Crippen molar-refractivity contribution in [2.45, 2.75) is 39.7 Å². The minimum absolute atomic E-state index is 0.0255. The second-order valence-electron chi connectivity index (χ2n) is 2.46. The predicted molar refractivity (Wildman–Crippen MR) is 45.3 cm³/mol. The van der Waals surface area contributed by atoms with E-state index in [1.807, 2.05) is 19.1 Å².